The summed E-state index contributed by atoms with van der Waals surface area (Å²) in [7, 11) is -4.87. The second-order valence-corrected chi connectivity index (χ2v) is 15.7. The van der Waals surface area contributed by atoms with Crippen molar-refractivity contribution in [1.82, 2.24) is 0 Å². The molecule has 0 aromatic rings. The van der Waals surface area contributed by atoms with Crippen LogP contribution in [0.25, 0.3) is 0 Å². The van der Waals surface area contributed by atoms with Crippen LogP contribution in [-0.4, -0.2) is 101 Å². The summed E-state index contributed by atoms with van der Waals surface area (Å²) < 4.78 is 59.0. The molecule has 3 saturated heterocycles. The molecule has 3 aliphatic rings. The van der Waals surface area contributed by atoms with Gasteiger partial charge in [-0.05, 0) is 47.1 Å². The SMILES string of the molecule is CCC[Si](OCC)(OCC)C(C1(C2(C3CCO3)CCO2)OCC1OC)[Si](OCC)(OCC)OCC. The Morgan fingerprint density at radius 3 is 1.66 bits per heavy atom. The van der Waals surface area contributed by atoms with Crippen molar-refractivity contribution in [2.24, 2.45) is 0 Å². The molecule has 0 spiro atoms. The molecular weight excluding hydrogens is 488 g/mol. The van der Waals surface area contributed by atoms with E-state index < -0.39 is 33.7 Å². The first-order valence-electron chi connectivity index (χ1n) is 13.6. The molecule has 0 amide bonds. The predicted molar refractivity (Wildman–Crippen MR) is 136 cm³/mol. The van der Waals surface area contributed by atoms with Crippen molar-refractivity contribution in [3.05, 3.63) is 0 Å². The quantitative estimate of drug-likeness (QED) is 0.244. The molecule has 3 fully saturated rings. The lowest BCUT2D eigenvalue weighted by Gasteiger charge is -2.69. The van der Waals surface area contributed by atoms with Crippen LogP contribution in [0.1, 0.15) is 60.8 Å². The van der Waals surface area contributed by atoms with Gasteiger partial charge in [0.25, 0.3) is 0 Å². The van der Waals surface area contributed by atoms with Crippen LogP contribution in [0, 0.1) is 0 Å². The molecule has 3 heterocycles. The van der Waals surface area contributed by atoms with Crippen LogP contribution >= 0.6 is 0 Å². The minimum Gasteiger partial charge on any atom is -0.394 e. The molecule has 0 aromatic carbocycles. The van der Waals surface area contributed by atoms with Gasteiger partial charge in [0.15, 0.2) is 0 Å². The van der Waals surface area contributed by atoms with Gasteiger partial charge in [0.05, 0.1) is 19.3 Å². The molecule has 0 bridgehead atoms. The van der Waals surface area contributed by atoms with Crippen molar-refractivity contribution in [2.75, 3.05) is 60.0 Å². The molecule has 9 nitrogen and oxygen atoms in total. The summed E-state index contributed by atoms with van der Waals surface area (Å²) in [6, 6.07) is 0.754. The number of hydrogen-bond donors (Lipinski definition) is 0. The van der Waals surface area contributed by atoms with E-state index >= 15 is 0 Å². The van der Waals surface area contributed by atoms with Crippen LogP contribution in [0.15, 0.2) is 0 Å². The zero-order valence-corrected chi connectivity index (χ0v) is 24.9. The molecule has 5 unspecified atom stereocenters. The van der Waals surface area contributed by atoms with Crippen LogP contribution in [-0.2, 0) is 41.1 Å². The number of ether oxygens (including phenoxy) is 4. The summed E-state index contributed by atoms with van der Waals surface area (Å²) in [5, 5.41) is -0.426. The van der Waals surface area contributed by atoms with Crippen LogP contribution in [0.5, 0.6) is 0 Å². The first kappa shape index (κ1) is 29.6. The second-order valence-electron chi connectivity index (χ2n) is 9.23. The van der Waals surface area contributed by atoms with Gasteiger partial charge < -0.3 is 41.1 Å². The van der Waals surface area contributed by atoms with E-state index in [1.54, 1.807) is 7.11 Å². The third-order valence-corrected chi connectivity index (χ3v) is 17.2. The van der Waals surface area contributed by atoms with Crippen molar-refractivity contribution in [1.29, 1.82) is 0 Å². The molecule has 3 rings (SSSR count). The standard InChI is InChI=1S/C24H48O9Si2/c1-8-18-34(29-9-2,30-10-3)22(35(31-11-4,32-12-5)33-13-6)24(21(25-7)19-28-24)23(15-17-27-23)20-14-16-26-20/h20-22H,8-19H2,1-7H3. The summed E-state index contributed by atoms with van der Waals surface area (Å²) >= 11 is 0. The van der Waals surface area contributed by atoms with Crippen molar-refractivity contribution >= 4 is 17.4 Å². The van der Waals surface area contributed by atoms with E-state index in [9.17, 15) is 0 Å². The van der Waals surface area contributed by atoms with Crippen LogP contribution in [0.3, 0.4) is 0 Å². The average Bonchev–Trinajstić information content (AvgIpc) is 2.74. The van der Waals surface area contributed by atoms with Crippen LogP contribution in [0.4, 0.5) is 0 Å². The minimum atomic E-state index is -3.49. The summed E-state index contributed by atoms with van der Waals surface area (Å²) in [4.78, 5) is 0. The Balaban J connectivity index is 2.33. The van der Waals surface area contributed by atoms with E-state index in [4.69, 9.17) is 41.1 Å². The Morgan fingerprint density at radius 2 is 1.37 bits per heavy atom. The molecule has 0 radical (unpaired) electrons. The smallest absolute Gasteiger partial charge is 0.394 e. The highest BCUT2D eigenvalue weighted by atomic mass is 28.4. The van der Waals surface area contributed by atoms with Crippen molar-refractivity contribution < 1.29 is 41.1 Å². The maximum absolute atomic E-state index is 6.78. The van der Waals surface area contributed by atoms with Gasteiger partial charge in [0.2, 0.25) is 0 Å². The summed E-state index contributed by atoms with van der Waals surface area (Å²) in [6.07, 6.45) is 2.25. The Hall–Kier alpha value is 0.0738. The fourth-order valence-corrected chi connectivity index (χ4v) is 17.1. The third kappa shape index (κ3) is 4.84. The Labute approximate surface area is 214 Å². The maximum atomic E-state index is 6.78. The highest BCUT2D eigenvalue weighted by molar-refractivity contribution is 6.86. The molecule has 5 atom stereocenters. The maximum Gasteiger partial charge on any atom is 0.509 e. The average molecular weight is 537 g/mol. The normalized spacial score (nSPS) is 32.0. The van der Waals surface area contributed by atoms with E-state index in [1.807, 2.05) is 34.6 Å². The van der Waals surface area contributed by atoms with E-state index in [-0.39, 0.29) is 12.2 Å². The number of methoxy groups -OCH3 is 1. The van der Waals surface area contributed by atoms with E-state index in [0.29, 0.717) is 52.9 Å². The zero-order chi connectivity index (χ0) is 25.6. The second kappa shape index (κ2) is 12.7. The van der Waals surface area contributed by atoms with Gasteiger partial charge in [-0.15, -0.1) is 0 Å². The van der Waals surface area contributed by atoms with Gasteiger partial charge in [-0.3, -0.25) is 0 Å². The van der Waals surface area contributed by atoms with Crippen LogP contribution < -0.4 is 0 Å². The molecule has 206 valence electrons. The fraction of sp³-hybridized carbons (Fsp3) is 1.00. The summed E-state index contributed by atoms with van der Waals surface area (Å²) in [6.45, 7) is 16.3. The Kier molecular flexibility index (Phi) is 10.8. The summed E-state index contributed by atoms with van der Waals surface area (Å²) in [5.74, 6) is 0. The molecule has 3 aliphatic heterocycles. The molecule has 0 aromatic heterocycles. The molecule has 0 aliphatic carbocycles. The fourth-order valence-electron chi connectivity index (χ4n) is 6.39. The van der Waals surface area contributed by atoms with Crippen LogP contribution in [0.2, 0.25) is 11.2 Å². The van der Waals surface area contributed by atoms with Crippen molar-refractivity contribution in [3.8, 4) is 0 Å². The van der Waals surface area contributed by atoms with E-state index in [2.05, 4.69) is 6.92 Å². The van der Waals surface area contributed by atoms with Gasteiger partial charge in [0, 0.05) is 53.2 Å². The van der Waals surface area contributed by atoms with E-state index in [1.165, 1.54) is 0 Å². The molecular formula is C24H48O9Si2. The zero-order valence-electron chi connectivity index (χ0n) is 22.9. The summed E-state index contributed by atoms with van der Waals surface area (Å²) in [5.41, 5.74) is -1.62. The third-order valence-electron chi connectivity index (χ3n) is 7.58. The molecule has 0 N–H and O–H groups in total. The molecule has 35 heavy (non-hydrogen) atoms. The van der Waals surface area contributed by atoms with Gasteiger partial charge in [-0.2, -0.15) is 0 Å². The lowest BCUT2D eigenvalue weighted by molar-refractivity contribution is -0.394. The Bertz CT molecular complexity index is 584. The highest BCUT2D eigenvalue weighted by Crippen LogP contribution is 2.63. The predicted octanol–water partition coefficient (Wildman–Crippen LogP) is 3.60. The van der Waals surface area contributed by atoms with Gasteiger partial charge in [-0.25, -0.2) is 0 Å². The highest BCUT2D eigenvalue weighted by Gasteiger charge is 2.83. The molecule has 0 saturated carbocycles. The largest absolute Gasteiger partial charge is 0.509 e. The van der Waals surface area contributed by atoms with Gasteiger partial charge >= 0.3 is 17.4 Å². The Morgan fingerprint density at radius 1 is 0.829 bits per heavy atom. The first-order chi connectivity index (χ1) is 17.0. The van der Waals surface area contributed by atoms with Crippen molar-refractivity contribution in [3.63, 3.8) is 0 Å². The topological polar surface area (TPSA) is 83.1 Å². The van der Waals surface area contributed by atoms with E-state index in [0.717, 1.165) is 25.3 Å². The number of hydrogen-bond acceptors (Lipinski definition) is 9. The lowest BCUT2D eigenvalue weighted by atomic mass is 9.66. The van der Waals surface area contributed by atoms with Gasteiger partial charge in [-0.1, -0.05) is 13.3 Å². The minimum absolute atomic E-state index is 0.0927. The lowest BCUT2D eigenvalue weighted by Crippen LogP contribution is -2.87. The first-order valence-corrected chi connectivity index (χ1v) is 17.5. The number of rotatable bonds is 18. The van der Waals surface area contributed by atoms with Crippen molar-refractivity contribution in [2.45, 2.75) is 95.4 Å². The molecule has 11 heteroatoms. The van der Waals surface area contributed by atoms with Gasteiger partial charge in [0.1, 0.15) is 22.5 Å². The monoisotopic (exact) mass is 536 g/mol.